The van der Waals surface area contributed by atoms with E-state index in [9.17, 15) is 19.3 Å². The maximum Gasteiger partial charge on any atom is 0.285 e. The lowest BCUT2D eigenvalue weighted by Gasteiger charge is -2.41. The molecule has 0 atom stereocenters. The Morgan fingerprint density at radius 1 is 1.53 bits per heavy atom. The van der Waals surface area contributed by atoms with Crippen molar-refractivity contribution in [2.24, 2.45) is 0 Å². The molecule has 19 heavy (non-hydrogen) atoms. The molecule has 0 saturated heterocycles. The van der Waals surface area contributed by atoms with Crippen LogP contribution >= 0.6 is 15.9 Å². The fourth-order valence-corrected chi connectivity index (χ4v) is 2.75. The Labute approximate surface area is 117 Å². The smallest absolute Gasteiger partial charge is 0.285 e. The Morgan fingerprint density at radius 2 is 2.21 bits per heavy atom. The molecular formula is C12H12BrFN2O3. The molecule has 1 N–H and O–H groups in total. The summed E-state index contributed by atoms with van der Waals surface area (Å²) in [4.78, 5) is 22.2. The number of nitro groups is 1. The monoisotopic (exact) mass is 330 g/mol. The summed E-state index contributed by atoms with van der Waals surface area (Å²) in [5, 5.41) is 14.2. The number of amides is 1. The average molecular weight is 331 g/mol. The van der Waals surface area contributed by atoms with Crippen LogP contribution < -0.4 is 5.32 Å². The molecule has 2 rings (SSSR count). The number of benzene rings is 1. The van der Waals surface area contributed by atoms with E-state index in [1.165, 1.54) is 0 Å². The van der Waals surface area contributed by atoms with Crippen molar-refractivity contribution in [2.75, 3.05) is 5.33 Å². The van der Waals surface area contributed by atoms with E-state index in [0.717, 1.165) is 37.5 Å². The normalized spacial score (nSPS) is 16.5. The van der Waals surface area contributed by atoms with Crippen LogP contribution in [0.2, 0.25) is 0 Å². The summed E-state index contributed by atoms with van der Waals surface area (Å²) in [7, 11) is 0. The summed E-state index contributed by atoms with van der Waals surface area (Å²) in [5.74, 6) is -1.27. The first-order valence-corrected chi connectivity index (χ1v) is 6.92. The summed E-state index contributed by atoms with van der Waals surface area (Å²) in [6, 6.07) is 2.95. The van der Waals surface area contributed by atoms with Crippen LogP contribution in [0.25, 0.3) is 0 Å². The van der Waals surface area contributed by atoms with Crippen molar-refractivity contribution in [3.8, 4) is 0 Å². The van der Waals surface area contributed by atoms with Gasteiger partial charge in [0.1, 0.15) is 11.4 Å². The third kappa shape index (κ3) is 2.75. The van der Waals surface area contributed by atoms with Gasteiger partial charge >= 0.3 is 0 Å². The molecule has 102 valence electrons. The van der Waals surface area contributed by atoms with Crippen molar-refractivity contribution in [3.05, 3.63) is 39.7 Å². The summed E-state index contributed by atoms with van der Waals surface area (Å²) < 4.78 is 13.0. The highest BCUT2D eigenvalue weighted by molar-refractivity contribution is 9.09. The van der Waals surface area contributed by atoms with Crippen molar-refractivity contribution in [3.63, 3.8) is 0 Å². The van der Waals surface area contributed by atoms with Crippen LogP contribution in [0.15, 0.2) is 18.2 Å². The van der Waals surface area contributed by atoms with Crippen molar-refractivity contribution >= 4 is 27.5 Å². The Kier molecular flexibility index (Phi) is 3.84. The predicted octanol–water partition coefficient (Wildman–Crippen LogP) is 2.78. The Morgan fingerprint density at radius 3 is 2.68 bits per heavy atom. The van der Waals surface area contributed by atoms with Crippen LogP contribution in [0.3, 0.4) is 0 Å². The third-order valence-electron chi connectivity index (χ3n) is 3.35. The first-order valence-electron chi connectivity index (χ1n) is 5.80. The van der Waals surface area contributed by atoms with Crippen molar-refractivity contribution in [2.45, 2.75) is 24.8 Å². The van der Waals surface area contributed by atoms with E-state index in [1.54, 1.807) is 0 Å². The van der Waals surface area contributed by atoms with E-state index in [-0.39, 0.29) is 11.1 Å². The topological polar surface area (TPSA) is 72.2 Å². The van der Waals surface area contributed by atoms with Gasteiger partial charge in [0.15, 0.2) is 0 Å². The minimum absolute atomic E-state index is 0.112. The van der Waals surface area contributed by atoms with Gasteiger partial charge in [-0.1, -0.05) is 15.9 Å². The molecule has 5 nitrogen and oxygen atoms in total. The minimum Gasteiger partial charge on any atom is -0.346 e. The fraction of sp³-hybridized carbons (Fsp3) is 0.417. The second-order valence-corrected chi connectivity index (χ2v) is 5.20. The molecule has 1 fully saturated rings. The highest BCUT2D eigenvalue weighted by atomic mass is 79.9. The van der Waals surface area contributed by atoms with Crippen LogP contribution in [0, 0.1) is 15.9 Å². The maximum absolute atomic E-state index is 13.0. The van der Waals surface area contributed by atoms with Crippen LogP contribution in [0.5, 0.6) is 0 Å². The number of hydrogen-bond acceptors (Lipinski definition) is 3. The van der Waals surface area contributed by atoms with E-state index in [2.05, 4.69) is 21.2 Å². The molecular weight excluding hydrogens is 319 g/mol. The molecule has 1 aliphatic carbocycles. The molecule has 0 heterocycles. The first-order chi connectivity index (χ1) is 8.97. The number of carbonyl (C=O) groups excluding carboxylic acids is 1. The number of rotatable bonds is 4. The van der Waals surface area contributed by atoms with Gasteiger partial charge in [0, 0.05) is 5.33 Å². The molecule has 7 heteroatoms. The zero-order valence-electron chi connectivity index (χ0n) is 9.99. The zero-order valence-corrected chi connectivity index (χ0v) is 11.6. The number of nitro benzene ring substituents is 1. The van der Waals surface area contributed by atoms with Crippen molar-refractivity contribution in [1.29, 1.82) is 0 Å². The number of nitrogens with zero attached hydrogens (tertiary/aromatic N) is 1. The molecule has 1 aromatic carbocycles. The lowest BCUT2D eigenvalue weighted by atomic mass is 9.78. The molecule has 0 unspecified atom stereocenters. The molecule has 1 amide bonds. The predicted molar refractivity (Wildman–Crippen MR) is 70.9 cm³/mol. The Balaban J connectivity index is 2.26. The average Bonchev–Trinajstić information content (AvgIpc) is 2.33. The molecule has 1 aliphatic rings. The summed E-state index contributed by atoms with van der Waals surface area (Å²) in [5.41, 5.74) is -0.959. The van der Waals surface area contributed by atoms with E-state index < -0.39 is 22.3 Å². The van der Waals surface area contributed by atoms with Crippen LogP contribution in [0.4, 0.5) is 10.1 Å². The zero-order chi connectivity index (χ0) is 14.0. The van der Waals surface area contributed by atoms with Gasteiger partial charge in [-0.3, -0.25) is 14.9 Å². The molecule has 0 bridgehead atoms. The lowest BCUT2D eigenvalue weighted by molar-refractivity contribution is -0.385. The number of alkyl halides is 1. The van der Waals surface area contributed by atoms with Gasteiger partial charge in [0.2, 0.25) is 0 Å². The van der Waals surface area contributed by atoms with Gasteiger partial charge in [-0.05, 0) is 31.4 Å². The number of hydrogen-bond donors (Lipinski definition) is 1. The maximum atomic E-state index is 13.0. The van der Waals surface area contributed by atoms with Gasteiger partial charge in [-0.15, -0.1) is 0 Å². The molecule has 0 radical (unpaired) electrons. The third-order valence-corrected chi connectivity index (χ3v) is 4.42. The summed E-state index contributed by atoms with van der Waals surface area (Å²) in [6.07, 6.45) is 2.68. The molecule has 0 aliphatic heterocycles. The van der Waals surface area contributed by atoms with E-state index in [0.29, 0.717) is 5.33 Å². The number of nitrogens with one attached hydrogen (secondary N) is 1. The minimum atomic E-state index is -0.750. The van der Waals surface area contributed by atoms with Gasteiger partial charge in [0.25, 0.3) is 11.6 Å². The van der Waals surface area contributed by atoms with Crippen molar-refractivity contribution in [1.82, 2.24) is 5.32 Å². The molecule has 0 spiro atoms. The molecule has 1 aromatic rings. The van der Waals surface area contributed by atoms with Gasteiger partial charge in [0.05, 0.1) is 16.5 Å². The largest absolute Gasteiger partial charge is 0.346 e. The van der Waals surface area contributed by atoms with E-state index >= 15 is 0 Å². The van der Waals surface area contributed by atoms with Gasteiger partial charge in [-0.25, -0.2) is 4.39 Å². The quantitative estimate of drug-likeness (QED) is 0.524. The van der Waals surface area contributed by atoms with Crippen LogP contribution in [-0.2, 0) is 0 Å². The second-order valence-electron chi connectivity index (χ2n) is 4.64. The van der Waals surface area contributed by atoms with E-state index in [4.69, 9.17) is 0 Å². The second kappa shape index (κ2) is 5.24. The molecule has 0 aromatic heterocycles. The lowest BCUT2D eigenvalue weighted by Crippen LogP contribution is -2.54. The Hall–Kier alpha value is -1.50. The summed E-state index contributed by atoms with van der Waals surface area (Å²) >= 11 is 3.33. The van der Waals surface area contributed by atoms with Crippen LogP contribution in [-0.4, -0.2) is 21.7 Å². The van der Waals surface area contributed by atoms with Crippen LogP contribution in [0.1, 0.15) is 29.6 Å². The Bertz CT molecular complexity index is 526. The SMILES string of the molecule is O=C(NC1(CBr)CCC1)c1ccc(F)cc1[N+](=O)[O-]. The van der Waals surface area contributed by atoms with Gasteiger partial charge < -0.3 is 5.32 Å². The molecule has 1 saturated carbocycles. The highest BCUT2D eigenvalue weighted by Gasteiger charge is 2.38. The van der Waals surface area contributed by atoms with Crippen molar-refractivity contribution < 1.29 is 14.1 Å². The summed E-state index contributed by atoms with van der Waals surface area (Å²) in [6.45, 7) is 0. The number of carbonyl (C=O) groups is 1. The van der Waals surface area contributed by atoms with E-state index in [1.807, 2.05) is 0 Å². The van der Waals surface area contributed by atoms with Gasteiger partial charge in [-0.2, -0.15) is 0 Å². The first kappa shape index (κ1) is 13.9. The highest BCUT2D eigenvalue weighted by Crippen LogP contribution is 2.34. The standard InChI is InChI=1S/C12H12BrFN2O3/c13-7-12(4-1-5-12)15-11(17)9-3-2-8(14)6-10(9)16(18)19/h2-3,6H,1,4-5,7H2,(H,15,17). The number of halogens is 2. The fourth-order valence-electron chi connectivity index (χ4n) is 2.05.